The standard InChI is InChI=1S/C14H25N/c1-8-10-11(3)12(4)13(15-9-2)14(5,6)7/h9H,3,8,10H2,1-2,4-7H3/b13-12+,15-9?. The molecule has 0 N–H and O–H groups in total. The Morgan fingerprint density at radius 3 is 2.20 bits per heavy atom. The molecule has 0 fully saturated rings. The summed E-state index contributed by atoms with van der Waals surface area (Å²) >= 11 is 0. The lowest BCUT2D eigenvalue weighted by Gasteiger charge is -2.23. The van der Waals surface area contributed by atoms with Crippen LogP contribution in [-0.4, -0.2) is 6.21 Å². The van der Waals surface area contributed by atoms with Gasteiger partial charge in [-0.05, 0) is 25.8 Å². The zero-order valence-electron chi connectivity index (χ0n) is 11.1. The maximum absolute atomic E-state index is 4.49. The summed E-state index contributed by atoms with van der Waals surface area (Å²) in [5.74, 6) is 0. The highest BCUT2D eigenvalue weighted by molar-refractivity contribution is 5.56. The van der Waals surface area contributed by atoms with Crippen LogP contribution in [0, 0.1) is 5.41 Å². The van der Waals surface area contributed by atoms with Crippen molar-refractivity contribution in [3.8, 4) is 0 Å². The van der Waals surface area contributed by atoms with Crippen LogP contribution in [0.4, 0.5) is 0 Å². The van der Waals surface area contributed by atoms with Gasteiger partial charge in [0.1, 0.15) is 0 Å². The number of rotatable bonds is 4. The van der Waals surface area contributed by atoms with Gasteiger partial charge in [0.25, 0.3) is 0 Å². The van der Waals surface area contributed by atoms with E-state index in [-0.39, 0.29) is 5.41 Å². The molecular formula is C14H25N. The Morgan fingerprint density at radius 1 is 1.33 bits per heavy atom. The molecule has 0 rings (SSSR count). The van der Waals surface area contributed by atoms with Crippen LogP contribution in [0.3, 0.4) is 0 Å². The normalized spacial score (nSPS) is 14.3. The van der Waals surface area contributed by atoms with Crippen LogP contribution in [0.15, 0.2) is 28.4 Å². The van der Waals surface area contributed by atoms with Gasteiger partial charge in [-0.15, -0.1) is 0 Å². The van der Waals surface area contributed by atoms with Crippen molar-refractivity contribution in [3.63, 3.8) is 0 Å². The minimum Gasteiger partial charge on any atom is -0.265 e. The van der Waals surface area contributed by atoms with Gasteiger partial charge in [-0.25, -0.2) is 0 Å². The van der Waals surface area contributed by atoms with Crippen LogP contribution in [0.5, 0.6) is 0 Å². The molecule has 0 aromatic rings. The summed E-state index contributed by atoms with van der Waals surface area (Å²) in [6.07, 6.45) is 4.07. The van der Waals surface area contributed by atoms with Crippen LogP contribution in [0.2, 0.25) is 0 Å². The minimum atomic E-state index is 0.0906. The molecule has 0 bridgehead atoms. The van der Waals surface area contributed by atoms with Gasteiger partial charge in [-0.3, -0.25) is 4.99 Å². The van der Waals surface area contributed by atoms with Crippen molar-refractivity contribution in [1.82, 2.24) is 0 Å². The molecule has 1 nitrogen and oxygen atoms in total. The fourth-order valence-electron chi connectivity index (χ4n) is 1.64. The Labute approximate surface area is 95.0 Å². The summed E-state index contributed by atoms with van der Waals surface area (Å²) in [6.45, 7) is 17.0. The number of aliphatic imine (C=N–C) groups is 1. The molecule has 86 valence electrons. The fourth-order valence-corrected chi connectivity index (χ4v) is 1.64. The van der Waals surface area contributed by atoms with Gasteiger partial charge >= 0.3 is 0 Å². The molecule has 0 aliphatic carbocycles. The van der Waals surface area contributed by atoms with Crippen molar-refractivity contribution in [3.05, 3.63) is 23.4 Å². The number of hydrogen-bond acceptors (Lipinski definition) is 1. The first-order valence-corrected chi connectivity index (χ1v) is 5.72. The second-order valence-electron chi connectivity index (χ2n) is 4.96. The van der Waals surface area contributed by atoms with Gasteiger partial charge in [0.15, 0.2) is 0 Å². The summed E-state index contributed by atoms with van der Waals surface area (Å²) in [4.78, 5) is 4.49. The van der Waals surface area contributed by atoms with Crippen LogP contribution < -0.4 is 0 Å². The van der Waals surface area contributed by atoms with Gasteiger partial charge in [-0.2, -0.15) is 0 Å². The molecule has 15 heavy (non-hydrogen) atoms. The Kier molecular flexibility index (Phi) is 5.56. The van der Waals surface area contributed by atoms with Gasteiger partial charge < -0.3 is 0 Å². The van der Waals surface area contributed by atoms with E-state index in [0.717, 1.165) is 18.5 Å². The third-order valence-electron chi connectivity index (χ3n) is 2.41. The van der Waals surface area contributed by atoms with E-state index in [1.807, 2.05) is 13.1 Å². The molecule has 0 aliphatic rings. The van der Waals surface area contributed by atoms with Crippen molar-refractivity contribution in [2.45, 2.75) is 54.4 Å². The Hall–Kier alpha value is -0.850. The maximum Gasteiger partial charge on any atom is 0.0484 e. The highest BCUT2D eigenvalue weighted by Crippen LogP contribution is 2.32. The smallest absolute Gasteiger partial charge is 0.0484 e. The number of hydrogen-bond donors (Lipinski definition) is 0. The predicted octanol–water partition coefficient (Wildman–Crippen LogP) is 4.75. The Morgan fingerprint density at radius 2 is 1.87 bits per heavy atom. The SMILES string of the molecule is C=C(CCC)/C(C)=C(/N=CC)C(C)(C)C. The number of nitrogens with zero attached hydrogens (tertiary/aromatic N) is 1. The van der Waals surface area contributed by atoms with Crippen molar-refractivity contribution >= 4 is 6.21 Å². The van der Waals surface area contributed by atoms with E-state index in [1.165, 1.54) is 11.1 Å². The molecule has 0 saturated heterocycles. The minimum absolute atomic E-state index is 0.0906. The molecule has 0 unspecified atom stereocenters. The quantitative estimate of drug-likeness (QED) is 0.466. The van der Waals surface area contributed by atoms with Crippen LogP contribution in [0.25, 0.3) is 0 Å². The highest BCUT2D eigenvalue weighted by Gasteiger charge is 2.19. The van der Waals surface area contributed by atoms with Crippen LogP contribution >= 0.6 is 0 Å². The fraction of sp³-hybridized carbons (Fsp3) is 0.643. The third kappa shape index (κ3) is 4.46. The van der Waals surface area contributed by atoms with Crippen LogP contribution in [-0.2, 0) is 0 Å². The topological polar surface area (TPSA) is 12.4 Å². The molecule has 0 spiro atoms. The van der Waals surface area contributed by atoms with Gasteiger partial charge in [0.2, 0.25) is 0 Å². The van der Waals surface area contributed by atoms with Crippen molar-refractivity contribution < 1.29 is 0 Å². The van der Waals surface area contributed by atoms with E-state index in [9.17, 15) is 0 Å². The van der Waals surface area contributed by atoms with Crippen molar-refractivity contribution in [2.75, 3.05) is 0 Å². The molecule has 0 heterocycles. The number of allylic oxidation sites excluding steroid dienone is 3. The largest absolute Gasteiger partial charge is 0.265 e. The molecule has 0 aromatic heterocycles. The van der Waals surface area contributed by atoms with Gasteiger partial charge in [-0.1, -0.05) is 46.3 Å². The van der Waals surface area contributed by atoms with E-state index >= 15 is 0 Å². The zero-order chi connectivity index (χ0) is 12.1. The lowest BCUT2D eigenvalue weighted by molar-refractivity contribution is 0.493. The first-order valence-electron chi connectivity index (χ1n) is 5.72. The molecule has 0 aliphatic heterocycles. The van der Waals surface area contributed by atoms with E-state index in [2.05, 4.69) is 46.2 Å². The summed E-state index contributed by atoms with van der Waals surface area (Å²) in [5.41, 5.74) is 3.71. The molecule has 0 saturated carbocycles. The van der Waals surface area contributed by atoms with Gasteiger partial charge in [0.05, 0.1) is 0 Å². The summed E-state index contributed by atoms with van der Waals surface area (Å²) in [6, 6.07) is 0. The average molecular weight is 207 g/mol. The van der Waals surface area contributed by atoms with Gasteiger partial charge in [0, 0.05) is 17.3 Å². The lowest BCUT2D eigenvalue weighted by Crippen LogP contribution is -2.10. The second-order valence-corrected chi connectivity index (χ2v) is 4.96. The highest BCUT2D eigenvalue weighted by atomic mass is 14.8. The second kappa shape index (κ2) is 5.89. The molecule has 1 heteroatoms. The van der Waals surface area contributed by atoms with Crippen molar-refractivity contribution in [2.24, 2.45) is 10.4 Å². The predicted molar refractivity (Wildman–Crippen MR) is 70.4 cm³/mol. The van der Waals surface area contributed by atoms with E-state index < -0.39 is 0 Å². The molecular weight excluding hydrogens is 182 g/mol. The summed E-state index contributed by atoms with van der Waals surface area (Å²) in [7, 11) is 0. The zero-order valence-corrected chi connectivity index (χ0v) is 11.1. The van der Waals surface area contributed by atoms with E-state index in [0.29, 0.717) is 0 Å². The van der Waals surface area contributed by atoms with E-state index in [4.69, 9.17) is 0 Å². The van der Waals surface area contributed by atoms with Crippen molar-refractivity contribution in [1.29, 1.82) is 0 Å². The molecule has 0 radical (unpaired) electrons. The van der Waals surface area contributed by atoms with E-state index in [1.54, 1.807) is 0 Å². The first kappa shape index (κ1) is 14.2. The maximum atomic E-state index is 4.49. The monoisotopic (exact) mass is 207 g/mol. The first-order chi connectivity index (χ1) is 6.84. The third-order valence-corrected chi connectivity index (χ3v) is 2.41. The average Bonchev–Trinajstić information content (AvgIpc) is 2.11. The lowest BCUT2D eigenvalue weighted by atomic mass is 9.86. The molecule has 0 aromatic carbocycles. The Bertz CT molecular complexity index is 274. The molecule has 0 atom stereocenters. The Balaban J connectivity index is 5.19. The van der Waals surface area contributed by atoms with Crippen LogP contribution in [0.1, 0.15) is 54.4 Å². The molecule has 0 amide bonds. The summed E-state index contributed by atoms with van der Waals surface area (Å²) in [5, 5.41) is 0. The summed E-state index contributed by atoms with van der Waals surface area (Å²) < 4.78 is 0.